The fourth-order valence-corrected chi connectivity index (χ4v) is 8.79. The second kappa shape index (κ2) is 12.5. The molecule has 0 amide bonds. The van der Waals surface area contributed by atoms with Gasteiger partial charge in [0.25, 0.3) is 0 Å². The Balaban J connectivity index is 0.000000145. The number of imidazole rings is 1. The van der Waals surface area contributed by atoms with Crippen LogP contribution in [-0.4, -0.2) is 9.38 Å². The third-order valence-corrected chi connectivity index (χ3v) is 11.3. The maximum atomic E-state index is 14.2. The molecule has 46 heavy (non-hydrogen) atoms. The van der Waals surface area contributed by atoms with Crippen LogP contribution in [0.1, 0.15) is 0 Å². The van der Waals surface area contributed by atoms with E-state index in [1.165, 1.54) is 16.3 Å². The minimum absolute atomic E-state index is 0. The van der Waals surface area contributed by atoms with Gasteiger partial charge in [0.2, 0.25) is 0 Å². The maximum Gasteiger partial charge on any atom is 0.147 e. The second-order valence-corrected chi connectivity index (χ2v) is 13.7. The molecular weight excluding hydrogens is 760 g/mol. The van der Waals surface area contributed by atoms with Crippen LogP contribution < -0.4 is 15.9 Å². The van der Waals surface area contributed by atoms with Crippen molar-refractivity contribution < 1.29 is 24.7 Å². The summed E-state index contributed by atoms with van der Waals surface area (Å²) in [7, 11) is -2.94. The minimum Gasteiger partial charge on any atom is -0.333 e. The summed E-state index contributed by atoms with van der Waals surface area (Å²) in [6.45, 7) is 0. The molecule has 3 nitrogen and oxygen atoms in total. The Bertz CT molecular complexity index is 2480. The molecule has 0 saturated carbocycles. The monoisotopic (exact) mass is 787 g/mol. The Morgan fingerprint density at radius 2 is 1.15 bits per heavy atom. The first-order valence-corrected chi connectivity index (χ1v) is 16.6. The van der Waals surface area contributed by atoms with Crippen LogP contribution in [-0.2, 0) is 24.7 Å². The fraction of sp³-hybridized carbons (Fsp3) is 0. The number of hydrogen-bond donors (Lipinski definition) is 0. The third kappa shape index (κ3) is 5.06. The van der Waals surface area contributed by atoms with Gasteiger partial charge in [0.1, 0.15) is 7.14 Å². The number of hydrogen-bond acceptors (Lipinski definition) is 2. The SMILES string of the molecule is O=P(c1[c-]cc2ccccc2c1)(c1ccccc1)c1ccccc1.[Ir].[c-]1cccc2c1c1nc3ccccc3n1c1ccccc21. The average molecular weight is 787 g/mol. The zero-order chi connectivity index (χ0) is 30.2. The first kappa shape index (κ1) is 29.8. The van der Waals surface area contributed by atoms with Crippen molar-refractivity contribution in [2.24, 2.45) is 0 Å². The Labute approximate surface area is 280 Å². The Morgan fingerprint density at radius 1 is 0.565 bits per heavy atom. The number of benzene rings is 7. The van der Waals surface area contributed by atoms with E-state index < -0.39 is 7.14 Å². The quantitative estimate of drug-likeness (QED) is 0.102. The van der Waals surface area contributed by atoms with Crippen molar-refractivity contribution in [3.05, 3.63) is 176 Å². The first-order valence-electron chi connectivity index (χ1n) is 14.9. The van der Waals surface area contributed by atoms with Crippen LogP contribution in [0.5, 0.6) is 0 Å². The summed E-state index contributed by atoms with van der Waals surface area (Å²) in [5, 5.41) is 8.12. The van der Waals surface area contributed by atoms with E-state index in [0.29, 0.717) is 0 Å². The van der Waals surface area contributed by atoms with Gasteiger partial charge in [-0.05, 0) is 23.6 Å². The molecule has 0 atom stereocenters. The van der Waals surface area contributed by atoms with Crippen molar-refractivity contribution in [3.8, 4) is 0 Å². The summed E-state index contributed by atoms with van der Waals surface area (Å²) in [5.41, 5.74) is 4.33. The van der Waals surface area contributed by atoms with Crippen LogP contribution in [0.2, 0.25) is 0 Å². The Kier molecular flexibility index (Phi) is 8.11. The van der Waals surface area contributed by atoms with E-state index >= 15 is 0 Å². The number of aromatic nitrogens is 2. The molecule has 2 aromatic heterocycles. The van der Waals surface area contributed by atoms with Crippen LogP contribution >= 0.6 is 7.14 Å². The van der Waals surface area contributed by atoms with Gasteiger partial charge in [-0.25, -0.2) is 0 Å². The van der Waals surface area contributed by atoms with E-state index in [0.717, 1.165) is 48.8 Å². The van der Waals surface area contributed by atoms with Crippen molar-refractivity contribution >= 4 is 72.2 Å². The molecule has 5 heteroatoms. The van der Waals surface area contributed by atoms with Crippen molar-refractivity contribution in [1.29, 1.82) is 0 Å². The largest absolute Gasteiger partial charge is 0.333 e. The van der Waals surface area contributed by atoms with E-state index in [9.17, 15) is 4.57 Å². The van der Waals surface area contributed by atoms with Gasteiger partial charge in [-0.1, -0.05) is 120 Å². The number of pyridine rings is 1. The predicted molar refractivity (Wildman–Crippen MR) is 189 cm³/mol. The molecule has 0 spiro atoms. The average Bonchev–Trinajstić information content (AvgIpc) is 3.52. The van der Waals surface area contributed by atoms with Crippen LogP contribution in [0.15, 0.2) is 164 Å². The summed E-state index contributed by atoms with van der Waals surface area (Å²) in [6.07, 6.45) is 0. The van der Waals surface area contributed by atoms with Crippen molar-refractivity contribution in [2.75, 3.05) is 0 Å². The van der Waals surface area contributed by atoms with E-state index in [1.54, 1.807) is 0 Å². The third-order valence-electron chi connectivity index (χ3n) is 8.32. The molecule has 1 radical (unpaired) electrons. The summed E-state index contributed by atoms with van der Waals surface area (Å²) < 4.78 is 16.5. The fourth-order valence-electron chi connectivity index (χ4n) is 6.18. The van der Waals surface area contributed by atoms with Crippen LogP contribution in [0.25, 0.3) is 49.1 Å². The summed E-state index contributed by atoms with van der Waals surface area (Å²) >= 11 is 0. The summed E-state index contributed by atoms with van der Waals surface area (Å²) in [5.74, 6) is 0. The van der Waals surface area contributed by atoms with Gasteiger partial charge in [-0.2, -0.15) is 18.2 Å². The minimum atomic E-state index is -2.94. The first-order chi connectivity index (χ1) is 22.2. The standard InChI is InChI=1S/C22H16OP.C19H11N2.Ir/c23-24(20-11-3-1-4-12-20,21-13-5-2-6-14-21)22-16-15-18-9-7-8-10-19(18)17-22;1-2-9-15-13(7-1)14-8-3-5-11-17(14)21-18-12-6-4-10-16(18)20-19(15)21;/h1-15,17H;1-8,10-12H;/q2*-1;. The molecule has 0 fully saturated rings. The second-order valence-electron chi connectivity index (χ2n) is 11.0. The molecule has 0 saturated heterocycles. The van der Waals surface area contributed by atoms with E-state index in [-0.39, 0.29) is 20.1 Å². The van der Waals surface area contributed by atoms with Gasteiger partial charge in [0.05, 0.1) is 16.7 Å². The molecule has 0 N–H and O–H groups in total. The summed E-state index contributed by atoms with van der Waals surface area (Å²) in [4.78, 5) is 4.83. The molecule has 0 unspecified atom stereocenters. The predicted octanol–water partition coefficient (Wildman–Crippen LogP) is 8.87. The van der Waals surface area contributed by atoms with Crippen LogP contribution in [0.4, 0.5) is 0 Å². The molecule has 0 aliphatic rings. The molecule has 9 aromatic rings. The van der Waals surface area contributed by atoms with Gasteiger partial charge in [-0.3, -0.25) is 4.98 Å². The normalized spacial score (nSPS) is 11.4. The van der Waals surface area contributed by atoms with E-state index in [4.69, 9.17) is 4.98 Å². The van der Waals surface area contributed by atoms with Gasteiger partial charge in [0.15, 0.2) is 0 Å². The Hall–Kier alpha value is -4.85. The van der Waals surface area contributed by atoms with Gasteiger partial charge in [-0.15, -0.1) is 46.5 Å². The molecule has 9 rings (SSSR count). The molecule has 223 valence electrons. The zero-order valence-corrected chi connectivity index (χ0v) is 28.0. The van der Waals surface area contributed by atoms with E-state index in [1.807, 2.05) is 115 Å². The molecule has 7 aromatic carbocycles. The zero-order valence-electron chi connectivity index (χ0n) is 24.7. The van der Waals surface area contributed by atoms with Crippen molar-refractivity contribution in [1.82, 2.24) is 9.38 Å². The molecule has 0 aliphatic carbocycles. The number of fused-ring (bicyclic) bond motifs is 9. The molecule has 0 aliphatic heterocycles. The van der Waals surface area contributed by atoms with E-state index in [2.05, 4.69) is 65.1 Å². The molecule has 0 bridgehead atoms. The molecule has 2 heterocycles. The summed E-state index contributed by atoms with van der Waals surface area (Å²) in [6, 6.07) is 61.0. The van der Waals surface area contributed by atoms with Crippen LogP contribution in [0, 0.1) is 12.1 Å². The number of nitrogens with zero attached hydrogens (tertiary/aromatic N) is 2. The van der Waals surface area contributed by atoms with Gasteiger partial charge in [0, 0.05) is 36.2 Å². The Morgan fingerprint density at radius 3 is 1.89 bits per heavy atom. The van der Waals surface area contributed by atoms with Crippen molar-refractivity contribution in [2.45, 2.75) is 0 Å². The van der Waals surface area contributed by atoms with Crippen LogP contribution in [0.3, 0.4) is 0 Å². The van der Waals surface area contributed by atoms with Crippen molar-refractivity contribution in [3.63, 3.8) is 0 Å². The number of rotatable bonds is 3. The molecular formula is C41H27IrN2OP-2. The number of para-hydroxylation sites is 3. The topological polar surface area (TPSA) is 34.4 Å². The smallest absolute Gasteiger partial charge is 0.147 e. The van der Waals surface area contributed by atoms with Gasteiger partial charge < -0.3 is 8.97 Å². The maximum absolute atomic E-state index is 14.2. The van der Waals surface area contributed by atoms with Gasteiger partial charge >= 0.3 is 0 Å².